The number of aromatic nitrogens is 9. The van der Waals surface area contributed by atoms with Crippen molar-refractivity contribution >= 4 is 115 Å². The lowest BCUT2D eigenvalue weighted by Crippen LogP contribution is -2.14. The third-order valence-electron chi connectivity index (χ3n) is 9.74. The van der Waals surface area contributed by atoms with E-state index >= 15 is 0 Å². The van der Waals surface area contributed by atoms with E-state index in [4.69, 9.17) is 73.1 Å². The highest BCUT2D eigenvalue weighted by Crippen LogP contribution is 2.23. The van der Waals surface area contributed by atoms with Gasteiger partial charge in [0.25, 0.3) is 0 Å². The Morgan fingerprint density at radius 2 is 1.06 bits per heavy atom. The second-order valence-corrected chi connectivity index (χ2v) is 16.3. The molecule has 6 aromatic heterocycles. The number of nitrogens with zero attached hydrogens (tertiary/aromatic N) is 8. The van der Waals surface area contributed by atoms with Gasteiger partial charge in [0.15, 0.2) is 11.6 Å². The molecule has 0 fully saturated rings. The highest BCUT2D eigenvalue weighted by Gasteiger charge is 2.17. The zero-order chi connectivity index (χ0) is 50.3. The van der Waals surface area contributed by atoms with E-state index in [1.54, 1.807) is 54.7 Å². The monoisotopic (exact) mass is 1030 g/mol. The number of pyridine rings is 3. The molecular weight excluding hydrogens is 982 g/mol. The van der Waals surface area contributed by atoms with E-state index in [2.05, 4.69) is 39.6 Å². The Morgan fingerprint density at radius 1 is 0.571 bits per heavy atom. The molecule has 0 saturated carbocycles. The molecule has 0 aliphatic heterocycles. The Hall–Kier alpha value is -7.51. The highest BCUT2D eigenvalue weighted by molar-refractivity contribution is 6.31. The maximum absolute atomic E-state index is 12.0. The van der Waals surface area contributed by atoms with Gasteiger partial charge >= 0.3 is 17.9 Å². The first-order valence-corrected chi connectivity index (χ1v) is 23.0. The van der Waals surface area contributed by atoms with Crippen molar-refractivity contribution in [1.29, 1.82) is 0 Å². The number of carbonyl (C=O) groups excluding carboxylic acids is 3. The van der Waals surface area contributed by atoms with Gasteiger partial charge < -0.3 is 45.5 Å². The molecule has 9 aromatic rings. The number of esters is 3. The molecule has 22 heteroatoms. The van der Waals surface area contributed by atoms with Gasteiger partial charge in [0.1, 0.15) is 11.4 Å². The molecule has 0 aliphatic carbocycles. The molecule has 0 saturated heterocycles. The molecule has 0 radical (unpaired) electrons. The zero-order valence-corrected chi connectivity index (χ0v) is 40.9. The van der Waals surface area contributed by atoms with E-state index in [0.717, 1.165) is 49.4 Å². The molecule has 7 N–H and O–H groups in total. The lowest BCUT2D eigenvalue weighted by molar-refractivity contribution is 0.0506. The molecular formula is C48H46Cl4N12O6. The van der Waals surface area contributed by atoms with Crippen LogP contribution in [0.2, 0.25) is 15.1 Å². The second-order valence-electron chi connectivity index (χ2n) is 14.7. The van der Waals surface area contributed by atoms with Crippen LogP contribution in [-0.4, -0.2) is 81.8 Å². The summed E-state index contributed by atoms with van der Waals surface area (Å²) in [6.07, 6.45) is 9.22. The summed E-state index contributed by atoms with van der Waals surface area (Å²) in [5.74, 6) is -0.100. The Labute approximate surface area is 421 Å². The minimum atomic E-state index is -0.479. The average Bonchev–Trinajstić information content (AvgIpc) is 4.06. The molecule has 9 rings (SSSR count). The first-order valence-electron chi connectivity index (χ1n) is 21.3. The van der Waals surface area contributed by atoms with Crippen LogP contribution in [0.1, 0.15) is 68.9 Å². The van der Waals surface area contributed by atoms with Gasteiger partial charge in [-0.15, -0.1) is 11.6 Å². The van der Waals surface area contributed by atoms with Gasteiger partial charge in [0, 0.05) is 46.8 Å². The Morgan fingerprint density at radius 3 is 1.56 bits per heavy atom. The molecule has 0 amide bonds. The number of carbonyl (C=O) groups is 3. The van der Waals surface area contributed by atoms with Gasteiger partial charge in [-0.05, 0) is 92.1 Å². The number of alkyl halides is 1. The Kier molecular flexibility index (Phi) is 18.3. The highest BCUT2D eigenvalue weighted by atomic mass is 35.5. The molecule has 0 aliphatic rings. The van der Waals surface area contributed by atoms with Gasteiger partial charge in [-0.3, -0.25) is 15.0 Å². The van der Waals surface area contributed by atoms with Crippen LogP contribution in [0.4, 0.5) is 17.8 Å². The predicted octanol–water partition coefficient (Wildman–Crippen LogP) is 9.58. The molecule has 70 heavy (non-hydrogen) atoms. The summed E-state index contributed by atoms with van der Waals surface area (Å²) in [4.78, 5) is 61.5. The van der Waals surface area contributed by atoms with E-state index in [1.165, 1.54) is 12.4 Å². The predicted molar refractivity (Wildman–Crippen MR) is 272 cm³/mol. The molecule has 0 atom stereocenters. The number of imidazole rings is 3. The van der Waals surface area contributed by atoms with Crippen molar-refractivity contribution in [3.8, 4) is 0 Å². The molecule has 0 bridgehead atoms. The van der Waals surface area contributed by atoms with Crippen LogP contribution in [0.5, 0.6) is 0 Å². The first-order chi connectivity index (χ1) is 33.7. The lowest BCUT2D eigenvalue weighted by Gasteiger charge is -2.10. The Bertz CT molecular complexity index is 3270. The van der Waals surface area contributed by atoms with E-state index in [-0.39, 0.29) is 29.2 Å². The number of fused-ring (bicyclic) bond motifs is 3. The van der Waals surface area contributed by atoms with Crippen LogP contribution >= 0.6 is 46.4 Å². The fourth-order valence-corrected chi connectivity index (χ4v) is 7.22. The van der Waals surface area contributed by atoms with E-state index < -0.39 is 17.9 Å². The quantitative estimate of drug-likeness (QED) is 0.0534. The summed E-state index contributed by atoms with van der Waals surface area (Å²) in [7, 11) is 0. The number of anilines is 3. The minimum absolute atomic E-state index is 0.204. The van der Waals surface area contributed by atoms with Crippen LogP contribution in [-0.2, 0) is 33.2 Å². The normalized spacial score (nSPS) is 10.6. The number of nitrogens with one attached hydrogen (secondary N) is 1. The first kappa shape index (κ1) is 51.9. The summed E-state index contributed by atoms with van der Waals surface area (Å²) in [5.41, 5.74) is 23.5. The molecule has 0 spiro atoms. The third-order valence-corrected chi connectivity index (χ3v) is 10.7. The van der Waals surface area contributed by atoms with Gasteiger partial charge in [0.2, 0.25) is 11.9 Å². The number of nitrogens with two attached hydrogens (primary N) is 3. The van der Waals surface area contributed by atoms with E-state index in [9.17, 15) is 14.4 Å². The van der Waals surface area contributed by atoms with Crippen molar-refractivity contribution in [2.45, 2.75) is 39.7 Å². The van der Waals surface area contributed by atoms with Crippen LogP contribution in [0.25, 0.3) is 32.7 Å². The number of ether oxygens (including phenoxy) is 3. The minimum Gasteiger partial charge on any atom is -0.461 e. The number of hydrogen-bond acceptors (Lipinski definition) is 15. The number of halogens is 4. The van der Waals surface area contributed by atoms with Crippen molar-refractivity contribution < 1.29 is 28.6 Å². The van der Waals surface area contributed by atoms with Gasteiger partial charge in [0.05, 0.1) is 76.9 Å². The maximum atomic E-state index is 12.0. The summed E-state index contributed by atoms with van der Waals surface area (Å²) in [5, 5.41) is 4.71. The average molecular weight is 1030 g/mol. The SMILES string of the molecule is CCOC(=O)c1cn(Cc2ccc3ncc(Cl)cc3c2)c(N)n1.CCOC(=O)c1cnc(N)[nH]1.CCOC(=O)c1cnc(N)n1Cc1ccc2ncc(Cl)cc2c1.ClCc1ccc2ncc(Cl)cc2c1. The number of benzene rings is 3. The molecule has 6 heterocycles. The van der Waals surface area contributed by atoms with E-state index in [0.29, 0.717) is 59.6 Å². The van der Waals surface area contributed by atoms with Crippen molar-refractivity contribution in [3.05, 3.63) is 159 Å². The summed E-state index contributed by atoms with van der Waals surface area (Å²) in [6, 6.07) is 23.1. The fraction of sp³-hybridized carbons (Fsp3) is 0.188. The van der Waals surface area contributed by atoms with Crippen LogP contribution in [0, 0.1) is 0 Å². The smallest absolute Gasteiger partial charge is 0.358 e. The van der Waals surface area contributed by atoms with Crippen LogP contribution in [0.3, 0.4) is 0 Å². The topological polar surface area (TPSA) is 260 Å². The third kappa shape index (κ3) is 14.0. The van der Waals surface area contributed by atoms with Gasteiger partial charge in [-0.2, -0.15) is 0 Å². The number of aromatic amines is 1. The second kappa shape index (κ2) is 24.7. The number of nitrogen functional groups attached to an aromatic ring is 3. The maximum Gasteiger partial charge on any atom is 0.358 e. The zero-order valence-electron chi connectivity index (χ0n) is 37.9. The summed E-state index contributed by atoms with van der Waals surface area (Å²) >= 11 is 23.5. The molecule has 0 unspecified atom stereocenters. The van der Waals surface area contributed by atoms with Crippen LogP contribution in [0.15, 0.2) is 110 Å². The number of H-pyrrole nitrogens is 1. The van der Waals surface area contributed by atoms with Gasteiger partial charge in [-0.25, -0.2) is 29.3 Å². The summed E-state index contributed by atoms with van der Waals surface area (Å²) in [6.45, 7) is 7.06. The molecule has 362 valence electrons. The van der Waals surface area contributed by atoms with Crippen molar-refractivity contribution in [2.24, 2.45) is 0 Å². The summed E-state index contributed by atoms with van der Waals surface area (Å²) < 4.78 is 17.9. The Balaban J connectivity index is 0.000000160. The molecule has 3 aromatic carbocycles. The van der Waals surface area contributed by atoms with E-state index in [1.807, 2.05) is 72.8 Å². The van der Waals surface area contributed by atoms with Crippen molar-refractivity contribution in [1.82, 2.24) is 44.0 Å². The van der Waals surface area contributed by atoms with Gasteiger partial charge in [-0.1, -0.05) is 53.0 Å². The lowest BCUT2D eigenvalue weighted by atomic mass is 10.1. The fourth-order valence-electron chi connectivity index (χ4n) is 6.56. The van der Waals surface area contributed by atoms with Crippen molar-refractivity contribution in [2.75, 3.05) is 37.0 Å². The standard InChI is InChI=1S/2C16H15ClN4O2.C10H7Cl2N.C6H9N3O2/c1-2-23-15(22)14-8-20-16(18)21(14)9-10-3-4-13-11(5-10)6-12(17)7-19-13;1-2-23-15(22)14-9-21(16(18)20-14)8-10-3-4-13-11(5-10)6-12(17)7-19-13;11-5-7-1-2-10-8(3-7)4-9(12)6-13-10;1-2-11-5(10)4-3-8-6(7)9-4/h3-8H,2,9H2,1H3,(H2,18,20);3-7,9H,2,8H2,1H3,(H2,18,20);1-4,6H,5H2;3H,2H2,1H3,(H3,7,8,9). The van der Waals surface area contributed by atoms with Crippen molar-refractivity contribution in [3.63, 3.8) is 0 Å². The number of rotatable bonds is 11. The largest absolute Gasteiger partial charge is 0.461 e. The van der Waals surface area contributed by atoms with Crippen LogP contribution < -0.4 is 17.2 Å². The number of hydrogen-bond donors (Lipinski definition) is 4. The molecule has 18 nitrogen and oxygen atoms in total.